The number of nitrogens with zero attached hydrogens (tertiary/aromatic N) is 3. The van der Waals surface area contributed by atoms with Gasteiger partial charge in [-0.15, -0.1) is 0 Å². The molecule has 1 amide bonds. The summed E-state index contributed by atoms with van der Waals surface area (Å²) in [6.45, 7) is 5.80. The van der Waals surface area contributed by atoms with Crippen LogP contribution in [0.4, 0.5) is 19.1 Å². The zero-order chi connectivity index (χ0) is 25.4. The number of rotatable bonds is 5. The first-order chi connectivity index (χ1) is 16.5. The molecule has 1 N–H and O–H groups in total. The highest BCUT2D eigenvalue weighted by molar-refractivity contribution is 7.92. The molecular formula is C24H25F3N4O3S. The quantitative estimate of drug-likeness (QED) is 0.521. The van der Waals surface area contributed by atoms with Crippen LogP contribution in [0.1, 0.15) is 46.8 Å². The van der Waals surface area contributed by atoms with Gasteiger partial charge in [-0.05, 0) is 49.6 Å². The summed E-state index contributed by atoms with van der Waals surface area (Å²) in [6.07, 6.45) is -2.53. The number of halogens is 3. The van der Waals surface area contributed by atoms with Crippen LogP contribution in [-0.2, 0) is 16.2 Å². The van der Waals surface area contributed by atoms with E-state index in [9.17, 15) is 26.4 Å². The molecule has 4 rings (SSSR count). The summed E-state index contributed by atoms with van der Waals surface area (Å²) in [6, 6.07) is 9.28. The number of alkyl halides is 3. The molecule has 0 bridgehead atoms. The Morgan fingerprint density at radius 3 is 2.66 bits per heavy atom. The second-order valence-electron chi connectivity index (χ2n) is 8.50. The maximum atomic E-state index is 13.1. The molecule has 7 nitrogen and oxygen atoms in total. The number of sulfonamides is 1. The van der Waals surface area contributed by atoms with Crippen LogP contribution in [0, 0.1) is 6.92 Å². The lowest BCUT2D eigenvalue weighted by molar-refractivity contribution is -0.137. The average molecular weight is 507 g/mol. The van der Waals surface area contributed by atoms with Gasteiger partial charge in [-0.3, -0.25) is 10.1 Å². The van der Waals surface area contributed by atoms with Crippen molar-refractivity contribution in [2.75, 3.05) is 18.4 Å². The van der Waals surface area contributed by atoms with Crippen molar-refractivity contribution in [1.29, 1.82) is 0 Å². The minimum Gasteiger partial charge on any atom is -0.305 e. The number of benzene rings is 2. The van der Waals surface area contributed by atoms with Gasteiger partial charge in [0.15, 0.2) is 0 Å². The predicted octanol–water partition coefficient (Wildman–Crippen LogP) is 5.12. The molecule has 0 aliphatic carbocycles. The highest BCUT2D eigenvalue weighted by Gasteiger charge is 2.32. The van der Waals surface area contributed by atoms with Gasteiger partial charge in [-0.2, -0.15) is 17.5 Å². The topological polar surface area (TPSA) is 84.3 Å². The summed E-state index contributed by atoms with van der Waals surface area (Å²) in [5.41, 5.74) is 1.11. The van der Waals surface area contributed by atoms with Crippen LogP contribution in [0.2, 0.25) is 0 Å². The summed E-state index contributed by atoms with van der Waals surface area (Å²) in [4.78, 5) is 17.5. The number of hydrogen-bond donors (Lipinski definition) is 1. The molecule has 1 aliphatic heterocycles. The molecule has 2 aromatic carbocycles. The molecule has 1 aromatic heterocycles. The molecule has 2 heterocycles. The predicted molar refractivity (Wildman–Crippen MR) is 127 cm³/mol. The number of fused-ring (bicyclic) bond motifs is 1. The van der Waals surface area contributed by atoms with E-state index in [1.54, 1.807) is 10.6 Å². The van der Waals surface area contributed by atoms with E-state index in [2.05, 4.69) is 16.9 Å². The summed E-state index contributed by atoms with van der Waals surface area (Å²) >= 11 is 0. The number of carbonyl (C=O) groups is 1. The van der Waals surface area contributed by atoms with Crippen molar-refractivity contribution >= 4 is 32.9 Å². The van der Waals surface area contributed by atoms with Crippen LogP contribution in [0.3, 0.4) is 0 Å². The van der Waals surface area contributed by atoms with E-state index in [0.717, 1.165) is 35.0 Å². The Kier molecular flexibility index (Phi) is 6.74. The van der Waals surface area contributed by atoms with Gasteiger partial charge in [0.1, 0.15) is 0 Å². The number of para-hydroxylation sites is 1. The molecule has 1 atom stereocenters. The minimum atomic E-state index is -4.58. The van der Waals surface area contributed by atoms with Gasteiger partial charge in [0.05, 0.1) is 22.6 Å². The normalized spacial score (nSPS) is 17.8. The molecule has 35 heavy (non-hydrogen) atoms. The molecular weight excluding hydrogens is 481 g/mol. The Labute approximate surface area is 201 Å². The number of hydrogen-bond acceptors (Lipinski definition) is 4. The highest BCUT2D eigenvalue weighted by atomic mass is 32.2. The van der Waals surface area contributed by atoms with Crippen molar-refractivity contribution < 1.29 is 26.4 Å². The van der Waals surface area contributed by atoms with E-state index in [0.29, 0.717) is 24.9 Å². The number of anilines is 1. The molecule has 11 heteroatoms. The maximum Gasteiger partial charge on any atom is 0.416 e. The number of aromatic nitrogens is 2. The summed E-state index contributed by atoms with van der Waals surface area (Å²) < 4.78 is 67.7. The van der Waals surface area contributed by atoms with Crippen molar-refractivity contribution in [2.45, 2.75) is 38.4 Å². The smallest absolute Gasteiger partial charge is 0.305 e. The number of aryl methyl sites for hydroxylation is 1. The fraction of sp³-hybridized carbons (Fsp3) is 0.333. The largest absolute Gasteiger partial charge is 0.416 e. The van der Waals surface area contributed by atoms with Crippen molar-refractivity contribution in [3.63, 3.8) is 0 Å². The Hall–Kier alpha value is -3.18. The Morgan fingerprint density at radius 1 is 1.20 bits per heavy atom. The third-order valence-electron chi connectivity index (χ3n) is 6.13. The van der Waals surface area contributed by atoms with Gasteiger partial charge in [-0.25, -0.2) is 13.4 Å². The second-order valence-corrected chi connectivity index (χ2v) is 10.4. The third-order valence-corrected chi connectivity index (χ3v) is 7.61. The lowest BCUT2D eigenvalue weighted by atomic mass is 10.1. The van der Waals surface area contributed by atoms with E-state index in [1.165, 1.54) is 16.4 Å². The molecule has 1 aliphatic rings. The number of carbonyl (C=O) groups excluding carboxylic acids is 1. The first kappa shape index (κ1) is 24.9. The monoisotopic (exact) mass is 506 g/mol. The number of imidazole rings is 1. The van der Waals surface area contributed by atoms with Crippen LogP contribution in [-0.4, -0.2) is 41.3 Å². The van der Waals surface area contributed by atoms with Crippen LogP contribution < -0.4 is 5.32 Å². The van der Waals surface area contributed by atoms with Gasteiger partial charge < -0.3 is 4.57 Å². The second kappa shape index (κ2) is 9.46. The van der Waals surface area contributed by atoms with Crippen molar-refractivity contribution in [2.24, 2.45) is 0 Å². The molecule has 1 fully saturated rings. The molecule has 0 radical (unpaired) electrons. The standard InChI is InChI=1S/C24H25F3N4O3S/c1-3-35(33,34)30-13-5-4-11-19(15-30)31-21-16(2)8-6-12-20(21)28-23(31)29-22(32)17-9-7-10-18(14-17)24(25,26)27/h3,6-10,12,14,19H,1,4-5,11,13,15H2,2H3,(H,28,29,32). The average Bonchev–Trinajstić information content (AvgIpc) is 3.00. The zero-order valence-corrected chi connectivity index (χ0v) is 19.9. The Morgan fingerprint density at radius 2 is 1.94 bits per heavy atom. The number of nitrogens with one attached hydrogen (secondary N) is 1. The van der Waals surface area contributed by atoms with Crippen molar-refractivity contribution in [3.8, 4) is 0 Å². The van der Waals surface area contributed by atoms with Crippen LogP contribution >= 0.6 is 0 Å². The third kappa shape index (κ3) is 5.10. The van der Waals surface area contributed by atoms with Crippen molar-refractivity contribution in [1.82, 2.24) is 13.9 Å². The fourth-order valence-electron chi connectivity index (χ4n) is 4.41. The summed E-state index contributed by atoms with van der Waals surface area (Å²) in [5, 5.41) is 3.58. The first-order valence-electron chi connectivity index (χ1n) is 11.1. The molecule has 0 saturated carbocycles. The maximum absolute atomic E-state index is 13.1. The van der Waals surface area contributed by atoms with Crippen LogP contribution in [0.15, 0.2) is 54.5 Å². The van der Waals surface area contributed by atoms with E-state index < -0.39 is 27.7 Å². The summed E-state index contributed by atoms with van der Waals surface area (Å²) in [7, 11) is -3.66. The molecule has 186 valence electrons. The minimum absolute atomic E-state index is 0.152. The van der Waals surface area contributed by atoms with Gasteiger partial charge in [-0.1, -0.05) is 31.2 Å². The fourth-order valence-corrected chi connectivity index (χ4v) is 5.38. The molecule has 1 saturated heterocycles. The zero-order valence-electron chi connectivity index (χ0n) is 19.0. The molecule has 3 aromatic rings. The van der Waals surface area contributed by atoms with Gasteiger partial charge in [0.2, 0.25) is 16.0 Å². The highest BCUT2D eigenvalue weighted by Crippen LogP contribution is 2.33. The lowest BCUT2D eigenvalue weighted by Crippen LogP contribution is -2.34. The molecule has 0 spiro atoms. The summed E-state index contributed by atoms with van der Waals surface area (Å²) in [5.74, 6) is -0.589. The lowest BCUT2D eigenvalue weighted by Gasteiger charge is -2.25. The van der Waals surface area contributed by atoms with Crippen molar-refractivity contribution in [3.05, 3.63) is 71.1 Å². The molecule has 1 unspecified atom stereocenters. The van der Waals surface area contributed by atoms with Crippen LogP contribution in [0.5, 0.6) is 0 Å². The van der Waals surface area contributed by atoms with Gasteiger partial charge in [0, 0.05) is 24.1 Å². The number of amides is 1. The van der Waals surface area contributed by atoms with E-state index in [4.69, 9.17) is 0 Å². The van der Waals surface area contributed by atoms with E-state index in [1.807, 2.05) is 19.1 Å². The SMILES string of the molecule is C=CS(=O)(=O)N1CCCCC(n2c(NC(=O)c3cccc(C(F)(F)F)c3)nc3cccc(C)c32)C1. The first-order valence-corrected chi connectivity index (χ1v) is 12.6. The van der Waals surface area contributed by atoms with Gasteiger partial charge >= 0.3 is 6.18 Å². The Bertz CT molecular complexity index is 1380. The van der Waals surface area contributed by atoms with E-state index >= 15 is 0 Å². The van der Waals surface area contributed by atoms with Crippen LogP contribution in [0.25, 0.3) is 11.0 Å². The van der Waals surface area contributed by atoms with E-state index in [-0.39, 0.29) is 24.1 Å². The van der Waals surface area contributed by atoms with Gasteiger partial charge in [0.25, 0.3) is 5.91 Å². The Balaban J connectivity index is 1.77.